The highest BCUT2D eigenvalue weighted by molar-refractivity contribution is 5.99. The number of ether oxygens (including phenoxy) is 1. The molecule has 1 atom stereocenters. The van der Waals surface area contributed by atoms with Gasteiger partial charge in [-0.05, 0) is 43.9 Å². The largest absolute Gasteiger partial charge is 0.398 e. The first kappa shape index (κ1) is 12.9. The van der Waals surface area contributed by atoms with Crippen LogP contribution >= 0.6 is 0 Å². The van der Waals surface area contributed by atoms with E-state index >= 15 is 0 Å². The maximum absolute atomic E-state index is 11.3. The minimum Gasteiger partial charge on any atom is -0.398 e. The lowest BCUT2D eigenvalue weighted by molar-refractivity contribution is 0.101. The van der Waals surface area contributed by atoms with E-state index in [9.17, 15) is 4.79 Å². The smallest absolute Gasteiger partial charge is 0.161 e. The molecule has 1 unspecified atom stereocenters. The van der Waals surface area contributed by atoms with Crippen molar-refractivity contribution in [1.82, 2.24) is 0 Å². The summed E-state index contributed by atoms with van der Waals surface area (Å²) in [7, 11) is 0. The van der Waals surface area contributed by atoms with Crippen molar-refractivity contribution < 1.29 is 9.53 Å². The number of carbonyl (C=O) groups is 1. The molecule has 1 saturated heterocycles. The molecule has 4 heteroatoms. The molecule has 1 fully saturated rings. The van der Waals surface area contributed by atoms with Crippen LogP contribution in [-0.2, 0) is 4.74 Å². The van der Waals surface area contributed by atoms with Crippen LogP contribution in [0.3, 0.4) is 0 Å². The highest BCUT2D eigenvalue weighted by Crippen LogP contribution is 2.20. The monoisotopic (exact) mass is 248 g/mol. The fourth-order valence-electron chi connectivity index (χ4n) is 2.22. The van der Waals surface area contributed by atoms with E-state index in [2.05, 4.69) is 5.32 Å². The lowest BCUT2D eigenvalue weighted by atomic mass is 10.1. The molecule has 0 spiro atoms. The highest BCUT2D eigenvalue weighted by Gasteiger charge is 2.14. The fourth-order valence-corrected chi connectivity index (χ4v) is 2.22. The van der Waals surface area contributed by atoms with E-state index in [4.69, 9.17) is 10.5 Å². The Balaban J connectivity index is 1.85. The van der Waals surface area contributed by atoms with Gasteiger partial charge in [-0.25, -0.2) is 0 Å². The lowest BCUT2D eigenvalue weighted by Gasteiger charge is -2.11. The van der Waals surface area contributed by atoms with E-state index in [-0.39, 0.29) is 5.78 Å². The summed E-state index contributed by atoms with van der Waals surface area (Å²) in [6, 6.07) is 5.50. The molecular formula is C14H20N2O2. The predicted molar refractivity (Wildman–Crippen MR) is 72.9 cm³/mol. The molecule has 3 N–H and O–H groups in total. The van der Waals surface area contributed by atoms with Crippen molar-refractivity contribution in [2.75, 3.05) is 30.8 Å². The third-order valence-corrected chi connectivity index (χ3v) is 3.34. The lowest BCUT2D eigenvalue weighted by Crippen LogP contribution is -2.09. The van der Waals surface area contributed by atoms with Gasteiger partial charge in [0.25, 0.3) is 0 Å². The van der Waals surface area contributed by atoms with E-state index in [1.54, 1.807) is 6.07 Å². The Bertz CT molecular complexity index is 426. The van der Waals surface area contributed by atoms with Gasteiger partial charge in [-0.3, -0.25) is 4.79 Å². The Hall–Kier alpha value is -1.55. The van der Waals surface area contributed by atoms with Gasteiger partial charge in [0, 0.05) is 36.7 Å². The van der Waals surface area contributed by atoms with Gasteiger partial charge >= 0.3 is 0 Å². The molecule has 0 amide bonds. The van der Waals surface area contributed by atoms with Gasteiger partial charge in [0.05, 0.1) is 0 Å². The summed E-state index contributed by atoms with van der Waals surface area (Å²) in [5.41, 5.74) is 7.93. The fraction of sp³-hybridized carbons (Fsp3) is 0.500. The molecule has 1 aliphatic rings. The van der Waals surface area contributed by atoms with Crippen LogP contribution in [0, 0.1) is 5.92 Å². The van der Waals surface area contributed by atoms with Crippen LogP contribution in [0.5, 0.6) is 0 Å². The average Bonchev–Trinajstić information content (AvgIpc) is 2.81. The van der Waals surface area contributed by atoms with E-state index < -0.39 is 0 Å². The van der Waals surface area contributed by atoms with Gasteiger partial charge in [0.1, 0.15) is 0 Å². The number of carbonyl (C=O) groups excluding carboxylic acids is 1. The molecule has 0 aliphatic carbocycles. The third-order valence-electron chi connectivity index (χ3n) is 3.34. The van der Waals surface area contributed by atoms with Crippen LogP contribution in [0.4, 0.5) is 11.4 Å². The molecule has 0 saturated carbocycles. The number of benzene rings is 1. The van der Waals surface area contributed by atoms with Crippen LogP contribution in [0.1, 0.15) is 30.1 Å². The zero-order valence-corrected chi connectivity index (χ0v) is 10.7. The molecule has 0 bridgehead atoms. The Kier molecular flexibility index (Phi) is 4.20. The minimum atomic E-state index is 0.00199. The van der Waals surface area contributed by atoms with E-state index in [0.29, 0.717) is 17.2 Å². The zero-order valence-electron chi connectivity index (χ0n) is 10.7. The molecule has 1 heterocycles. The van der Waals surface area contributed by atoms with Crippen molar-refractivity contribution in [1.29, 1.82) is 0 Å². The zero-order chi connectivity index (χ0) is 13.0. The van der Waals surface area contributed by atoms with Crippen molar-refractivity contribution in [3.8, 4) is 0 Å². The predicted octanol–water partition coefficient (Wildman–Crippen LogP) is 2.31. The topological polar surface area (TPSA) is 64.3 Å². The van der Waals surface area contributed by atoms with Gasteiger partial charge in [0.15, 0.2) is 5.78 Å². The van der Waals surface area contributed by atoms with Crippen LogP contribution in [0.15, 0.2) is 18.2 Å². The number of rotatable bonds is 5. The SMILES string of the molecule is CC(=O)c1ccc(NCCC2CCOC2)cc1N. The maximum Gasteiger partial charge on any atom is 0.161 e. The van der Waals surface area contributed by atoms with Crippen LogP contribution in [0.2, 0.25) is 0 Å². The summed E-state index contributed by atoms with van der Waals surface area (Å²) in [6.07, 6.45) is 2.27. The van der Waals surface area contributed by atoms with Crippen LogP contribution < -0.4 is 11.1 Å². The van der Waals surface area contributed by atoms with Gasteiger partial charge < -0.3 is 15.8 Å². The number of Topliss-reactive ketones (excluding diaryl/α,β-unsaturated/α-hetero) is 1. The molecular weight excluding hydrogens is 228 g/mol. The number of nitrogens with one attached hydrogen (secondary N) is 1. The average molecular weight is 248 g/mol. The molecule has 0 aromatic heterocycles. The molecule has 2 rings (SSSR count). The first-order valence-electron chi connectivity index (χ1n) is 6.39. The van der Waals surface area contributed by atoms with Gasteiger partial charge in [0.2, 0.25) is 0 Å². The second kappa shape index (κ2) is 5.87. The molecule has 98 valence electrons. The van der Waals surface area contributed by atoms with Gasteiger partial charge in [-0.2, -0.15) is 0 Å². The molecule has 0 radical (unpaired) electrons. The van der Waals surface area contributed by atoms with E-state index in [0.717, 1.165) is 38.3 Å². The summed E-state index contributed by atoms with van der Waals surface area (Å²) >= 11 is 0. The minimum absolute atomic E-state index is 0.00199. The van der Waals surface area contributed by atoms with Crippen molar-refractivity contribution in [3.63, 3.8) is 0 Å². The standard InChI is InChI=1S/C14H20N2O2/c1-10(17)13-3-2-12(8-14(13)15)16-6-4-11-5-7-18-9-11/h2-3,8,11,16H,4-7,9,15H2,1H3. The molecule has 18 heavy (non-hydrogen) atoms. The van der Waals surface area contributed by atoms with Crippen molar-refractivity contribution in [2.24, 2.45) is 5.92 Å². The molecule has 1 aromatic carbocycles. The number of hydrogen-bond donors (Lipinski definition) is 2. The number of ketones is 1. The number of nitrogens with two attached hydrogens (primary N) is 1. The van der Waals surface area contributed by atoms with E-state index in [1.807, 2.05) is 12.1 Å². The van der Waals surface area contributed by atoms with Gasteiger partial charge in [-0.1, -0.05) is 0 Å². The molecule has 4 nitrogen and oxygen atoms in total. The first-order valence-corrected chi connectivity index (χ1v) is 6.39. The highest BCUT2D eigenvalue weighted by atomic mass is 16.5. The number of nitrogen functional groups attached to an aromatic ring is 1. The third kappa shape index (κ3) is 3.23. The Morgan fingerprint density at radius 3 is 3.00 bits per heavy atom. The Morgan fingerprint density at radius 2 is 2.39 bits per heavy atom. The summed E-state index contributed by atoms with van der Waals surface area (Å²) in [5.74, 6) is 0.675. The number of anilines is 2. The Morgan fingerprint density at radius 1 is 1.56 bits per heavy atom. The molecule has 1 aromatic rings. The van der Waals surface area contributed by atoms with Crippen LogP contribution in [0.25, 0.3) is 0 Å². The molecule has 1 aliphatic heterocycles. The number of hydrogen-bond acceptors (Lipinski definition) is 4. The summed E-state index contributed by atoms with van der Waals surface area (Å²) in [5, 5.41) is 3.33. The summed E-state index contributed by atoms with van der Waals surface area (Å²) < 4.78 is 5.34. The van der Waals surface area contributed by atoms with E-state index in [1.165, 1.54) is 6.92 Å². The van der Waals surface area contributed by atoms with Gasteiger partial charge in [-0.15, -0.1) is 0 Å². The summed E-state index contributed by atoms with van der Waals surface area (Å²) in [4.78, 5) is 11.3. The quantitative estimate of drug-likeness (QED) is 0.620. The second-order valence-electron chi connectivity index (χ2n) is 4.80. The van der Waals surface area contributed by atoms with Crippen molar-refractivity contribution >= 4 is 17.2 Å². The summed E-state index contributed by atoms with van der Waals surface area (Å²) in [6.45, 7) is 4.21. The van der Waals surface area contributed by atoms with Crippen LogP contribution in [-0.4, -0.2) is 25.5 Å². The Labute approximate surface area is 108 Å². The van der Waals surface area contributed by atoms with Crippen molar-refractivity contribution in [3.05, 3.63) is 23.8 Å². The first-order chi connectivity index (χ1) is 8.66. The van der Waals surface area contributed by atoms with Crippen molar-refractivity contribution in [2.45, 2.75) is 19.8 Å². The normalized spacial score (nSPS) is 18.8. The maximum atomic E-state index is 11.3. The second-order valence-corrected chi connectivity index (χ2v) is 4.80.